The first kappa shape index (κ1) is 25.5. The number of carbonyl (C=O) groups excluding carboxylic acids is 1. The Bertz CT molecular complexity index is 1490. The van der Waals surface area contributed by atoms with Crippen LogP contribution in [0.15, 0.2) is 66.7 Å². The molecule has 0 bridgehead atoms. The highest BCUT2D eigenvalue weighted by atomic mass is 19.1. The summed E-state index contributed by atoms with van der Waals surface area (Å²) in [6, 6.07) is 19.6. The second-order valence-corrected chi connectivity index (χ2v) is 9.98. The van der Waals surface area contributed by atoms with Gasteiger partial charge in [0.05, 0.1) is 34.4 Å². The number of carboxylic acids is 1. The lowest BCUT2D eigenvalue weighted by Gasteiger charge is -2.26. The third-order valence-electron chi connectivity index (χ3n) is 7.26. The van der Waals surface area contributed by atoms with Gasteiger partial charge in [-0.25, -0.2) is 14.4 Å². The molecule has 0 fully saturated rings. The molecule has 0 spiro atoms. The van der Waals surface area contributed by atoms with Crippen molar-refractivity contribution in [3.8, 4) is 11.3 Å². The molecule has 194 valence electrons. The van der Waals surface area contributed by atoms with Gasteiger partial charge in [0.25, 0.3) is 5.91 Å². The smallest absolute Gasteiger partial charge is 0.306 e. The number of carboxylic acid groups (broad SMARTS) is 1. The van der Waals surface area contributed by atoms with Gasteiger partial charge in [-0.15, -0.1) is 0 Å². The number of hydrogen-bond acceptors (Lipinski definition) is 4. The highest BCUT2D eigenvalue weighted by Gasteiger charge is 2.22. The normalized spacial score (nSPS) is 15.6. The summed E-state index contributed by atoms with van der Waals surface area (Å²) in [7, 11) is 0. The number of carbonyl (C=O) groups is 2. The zero-order valence-corrected chi connectivity index (χ0v) is 21.3. The second kappa shape index (κ2) is 11.1. The van der Waals surface area contributed by atoms with Gasteiger partial charge >= 0.3 is 5.97 Å². The molecule has 1 heterocycles. The van der Waals surface area contributed by atoms with Crippen molar-refractivity contribution in [2.24, 2.45) is 5.92 Å². The van der Waals surface area contributed by atoms with Gasteiger partial charge in [-0.1, -0.05) is 31.2 Å². The first-order chi connectivity index (χ1) is 18.4. The molecule has 1 amide bonds. The first-order valence-electron chi connectivity index (χ1n) is 13.1. The number of halogens is 1. The van der Waals surface area contributed by atoms with Crippen LogP contribution >= 0.6 is 0 Å². The lowest BCUT2D eigenvalue weighted by atomic mass is 9.87. The van der Waals surface area contributed by atoms with Crippen LogP contribution in [0.5, 0.6) is 0 Å². The molecule has 0 radical (unpaired) electrons. The second-order valence-electron chi connectivity index (χ2n) is 9.98. The van der Waals surface area contributed by atoms with Crippen LogP contribution in [0.4, 0.5) is 4.39 Å². The Morgan fingerprint density at radius 1 is 1.05 bits per heavy atom. The van der Waals surface area contributed by atoms with Crippen LogP contribution in [-0.2, 0) is 17.6 Å². The maximum Gasteiger partial charge on any atom is 0.306 e. The molecule has 1 aliphatic carbocycles. The van der Waals surface area contributed by atoms with Gasteiger partial charge in [-0.3, -0.25) is 9.59 Å². The van der Waals surface area contributed by atoms with Crippen molar-refractivity contribution in [1.82, 2.24) is 15.3 Å². The van der Waals surface area contributed by atoms with Crippen LogP contribution < -0.4 is 5.32 Å². The maximum atomic E-state index is 13.6. The molecule has 7 heteroatoms. The van der Waals surface area contributed by atoms with Crippen LogP contribution in [0.25, 0.3) is 22.3 Å². The molecule has 5 rings (SSSR count). The Kier molecular flexibility index (Phi) is 7.45. The largest absolute Gasteiger partial charge is 0.481 e. The number of fused-ring (bicyclic) bond motifs is 2. The zero-order valence-electron chi connectivity index (χ0n) is 21.3. The van der Waals surface area contributed by atoms with E-state index in [-0.39, 0.29) is 17.8 Å². The quantitative estimate of drug-likeness (QED) is 0.290. The van der Waals surface area contributed by atoms with Gasteiger partial charge in [-0.2, -0.15) is 0 Å². The monoisotopic (exact) mass is 511 g/mol. The Morgan fingerprint density at radius 3 is 2.63 bits per heavy atom. The minimum Gasteiger partial charge on any atom is -0.481 e. The minimum atomic E-state index is -0.829. The van der Waals surface area contributed by atoms with Gasteiger partial charge < -0.3 is 10.4 Å². The predicted octanol–water partition coefficient (Wildman–Crippen LogP) is 6.29. The number of aryl methyl sites for hydroxylation is 2. The van der Waals surface area contributed by atoms with Crippen molar-refractivity contribution < 1.29 is 19.1 Å². The van der Waals surface area contributed by atoms with Crippen molar-refractivity contribution in [2.45, 2.75) is 51.5 Å². The minimum absolute atomic E-state index is 0.0260. The molecule has 3 aromatic carbocycles. The standard InChI is InChI=1S/C31H30FN3O3/c1-19(31(37)38)6-4-11-27-29(21-12-15-23(32)16-13-21)34-26-17-14-22(18-28(26)33-27)30(36)35-25-10-5-8-20-7-2-3-9-24(20)25/h2-3,7,9,12-19,25H,4-6,8,10-11H2,1H3,(H,35,36)(H,37,38)/t19-,25+/m0/s1. The SMILES string of the molecule is C[C@@H](CCCc1nc2cc(C(=O)N[C@@H]3CCCc4ccccc43)ccc2nc1-c1ccc(F)cc1)C(=O)O. The van der Waals surface area contributed by atoms with Gasteiger partial charge in [0.15, 0.2) is 0 Å². The summed E-state index contributed by atoms with van der Waals surface area (Å²) in [5.74, 6) is -1.78. The van der Waals surface area contributed by atoms with Crippen LogP contribution in [0.2, 0.25) is 0 Å². The van der Waals surface area contributed by atoms with Crippen LogP contribution in [0, 0.1) is 11.7 Å². The fourth-order valence-electron chi connectivity index (χ4n) is 5.09. The summed E-state index contributed by atoms with van der Waals surface area (Å²) in [6.07, 6.45) is 4.59. The van der Waals surface area contributed by atoms with E-state index in [9.17, 15) is 19.1 Å². The predicted molar refractivity (Wildman–Crippen MR) is 144 cm³/mol. The molecule has 0 saturated heterocycles. The Balaban J connectivity index is 1.44. The van der Waals surface area contributed by atoms with E-state index in [1.165, 1.54) is 23.3 Å². The van der Waals surface area contributed by atoms with Gasteiger partial charge in [0, 0.05) is 11.1 Å². The first-order valence-corrected chi connectivity index (χ1v) is 13.1. The maximum absolute atomic E-state index is 13.6. The van der Waals surface area contributed by atoms with Crippen molar-refractivity contribution in [3.63, 3.8) is 0 Å². The van der Waals surface area contributed by atoms with E-state index in [1.807, 2.05) is 12.1 Å². The van der Waals surface area contributed by atoms with E-state index < -0.39 is 11.9 Å². The molecule has 0 aliphatic heterocycles. The highest BCUT2D eigenvalue weighted by molar-refractivity contribution is 5.97. The molecule has 1 aromatic heterocycles. The number of amides is 1. The van der Waals surface area contributed by atoms with E-state index in [0.29, 0.717) is 47.2 Å². The summed E-state index contributed by atoms with van der Waals surface area (Å²) in [4.78, 5) is 34.2. The number of benzene rings is 3. The van der Waals surface area contributed by atoms with E-state index >= 15 is 0 Å². The van der Waals surface area contributed by atoms with E-state index in [0.717, 1.165) is 24.8 Å². The summed E-state index contributed by atoms with van der Waals surface area (Å²) in [6.45, 7) is 1.69. The Hall–Kier alpha value is -4.13. The number of nitrogens with one attached hydrogen (secondary N) is 1. The fraction of sp³-hybridized carbons (Fsp3) is 0.290. The summed E-state index contributed by atoms with van der Waals surface area (Å²) < 4.78 is 13.6. The number of aliphatic carboxylic acids is 1. The average molecular weight is 512 g/mol. The van der Waals surface area contributed by atoms with Crippen molar-refractivity contribution in [2.75, 3.05) is 0 Å². The molecule has 0 saturated carbocycles. The molecule has 4 aromatic rings. The lowest BCUT2D eigenvalue weighted by Crippen LogP contribution is -2.31. The van der Waals surface area contributed by atoms with E-state index in [4.69, 9.17) is 9.97 Å². The van der Waals surface area contributed by atoms with Gasteiger partial charge in [0.1, 0.15) is 5.82 Å². The molecular formula is C31H30FN3O3. The highest BCUT2D eigenvalue weighted by Crippen LogP contribution is 2.30. The molecular weight excluding hydrogens is 481 g/mol. The molecule has 38 heavy (non-hydrogen) atoms. The molecule has 2 atom stereocenters. The van der Waals surface area contributed by atoms with Crippen molar-refractivity contribution in [3.05, 3.63) is 94.9 Å². The number of rotatable bonds is 8. The van der Waals surface area contributed by atoms with Gasteiger partial charge in [-0.05, 0) is 92.1 Å². The van der Waals surface area contributed by atoms with Crippen molar-refractivity contribution >= 4 is 22.9 Å². The summed E-state index contributed by atoms with van der Waals surface area (Å²) >= 11 is 0. The fourth-order valence-corrected chi connectivity index (χ4v) is 5.09. The summed E-state index contributed by atoms with van der Waals surface area (Å²) in [5, 5.41) is 12.4. The molecule has 0 unspecified atom stereocenters. The van der Waals surface area contributed by atoms with E-state index in [2.05, 4.69) is 17.4 Å². The third kappa shape index (κ3) is 5.57. The van der Waals surface area contributed by atoms with Crippen LogP contribution in [-0.4, -0.2) is 27.0 Å². The Morgan fingerprint density at radius 2 is 1.84 bits per heavy atom. The van der Waals surface area contributed by atoms with Crippen molar-refractivity contribution in [1.29, 1.82) is 0 Å². The molecule has 1 aliphatic rings. The molecule has 2 N–H and O–H groups in total. The average Bonchev–Trinajstić information content (AvgIpc) is 2.93. The number of hydrogen-bond donors (Lipinski definition) is 2. The lowest BCUT2D eigenvalue weighted by molar-refractivity contribution is -0.141. The third-order valence-corrected chi connectivity index (χ3v) is 7.26. The van der Waals surface area contributed by atoms with Crippen LogP contribution in [0.1, 0.15) is 65.8 Å². The topological polar surface area (TPSA) is 92.2 Å². The van der Waals surface area contributed by atoms with E-state index in [1.54, 1.807) is 37.3 Å². The summed E-state index contributed by atoms with van der Waals surface area (Å²) in [5.41, 5.74) is 6.25. The van der Waals surface area contributed by atoms with Gasteiger partial charge in [0.2, 0.25) is 0 Å². The zero-order chi connectivity index (χ0) is 26.6. The molecule has 6 nitrogen and oxygen atoms in total. The number of aromatic nitrogens is 2. The number of nitrogens with zero attached hydrogens (tertiary/aromatic N) is 2. The van der Waals surface area contributed by atoms with Crippen LogP contribution in [0.3, 0.4) is 0 Å². The Labute approximate surface area is 221 Å².